The minimum absolute atomic E-state index is 0.202. The first-order valence-electron chi connectivity index (χ1n) is 8.84. The van der Waals surface area contributed by atoms with Crippen LogP contribution in [0, 0.1) is 6.92 Å². The van der Waals surface area contributed by atoms with Crippen molar-refractivity contribution in [2.75, 3.05) is 23.3 Å². The van der Waals surface area contributed by atoms with E-state index >= 15 is 0 Å². The third-order valence-electron chi connectivity index (χ3n) is 4.67. The second-order valence-corrected chi connectivity index (χ2v) is 7.10. The maximum Gasteiger partial charge on any atom is 0.277 e. The van der Waals surface area contributed by atoms with Crippen LogP contribution in [0.4, 0.5) is 11.4 Å². The molecular weight excluding hydrogens is 366 g/mol. The molecule has 0 spiro atoms. The molecule has 1 aliphatic heterocycles. The van der Waals surface area contributed by atoms with E-state index < -0.39 is 0 Å². The van der Waals surface area contributed by atoms with Crippen LogP contribution in [0.5, 0.6) is 0 Å². The topological polar surface area (TPSA) is 76.2 Å². The van der Waals surface area contributed by atoms with Crippen molar-refractivity contribution < 1.29 is 9.32 Å². The standard InChI is InChI=1S/C19H20ClN5O2/c1-12-14(11-24(2)22-12)18-10-16(23-27-18)19(26)21-13-5-6-17(15(20)9-13)25-7-3-4-8-25/h5-6,9-11H,3-4,7-8H2,1-2H3,(H,21,26). The Kier molecular flexibility index (Phi) is 4.61. The first kappa shape index (κ1) is 17.6. The minimum atomic E-state index is -0.350. The van der Waals surface area contributed by atoms with Crippen molar-refractivity contribution in [1.29, 1.82) is 0 Å². The maximum absolute atomic E-state index is 12.5. The summed E-state index contributed by atoms with van der Waals surface area (Å²) < 4.78 is 7.01. The number of amides is 1. The van der Waals surface area contributed by atoms with Gasteiger partial charge in [-0.05, 0) is 38.0 Å². The van der Waals surface area contributed by atoms with Gasteiger partial charge in [0.25, 0.3) is 5.91 Å². The highest BCUT2D eigenvalue weighted by molar-refractivity contribution is 6.33. The number of rotatable bonds is 4. The van der Waals surface area contributed by atoms with Gasteiger partial charge in [0.1, 0.15) is 0 Å². The van der Waals surface area contributed by atoms with Gasteiger partial charge in [-0.1, -0.05) is 16.8 Å². The summed E-state index contributed by atoms with van der Waals surface area (Å²) >= 11 is 6.41. The van der Waals surface area contributed by atoms with Crippen LogP contribution >= 0.6 is 11.6 Å². The molecular formula is C19H20ClN5O2. The summed E-state index contributed by atoms with van der Waals surface area (Å²) in [5, 5.41) is 11.6. The molecule has 0 aliphatic carbocycles. The summed E-state index contributed by atoms with van der Waals surface area (Å²) in [6, 6.07) is 7.17. The second kappa shape index (κ2) is 7.08. The number of hydrogen-bond acceptors (Lipinski definition) is 5. The summed E-state index contributed by atoms with van der Waals surface area (Å²) in [6.07, 6.45) is 4.19. The highest BCUT2D eigenvalue weighted by Crippen LogP contribution is 2.31. The molecule has 1 aliphatic rings. The van der Waals surface area contributed by atoms with Gasteiger partial charge in [0.2, 0.25) is 0 Å². The van der Waals surface area contributed by atoms with Crippen LogP contribution in [-0.4, -0.2) is 33.9 Å². The van der Waals surface area contributed by atoms with Crippen molar-refractivity contribution in [3.63, 3.8) is 0 Å². The lowest BCUT2D eigenvalue weighted by molar-refractivity contribution is 0.101. The molecule has 0 radical (unpaired) electrons. The molecule has 140 valence electrons. The van der Waals surface area contributed by atoms with E-state index in [4.69, 9.17) is 16.1 Å². The van der Waals surface area contributed by atoms with Gasteiger partial charge in [-0.25, -0.2) is 0 Å². The van der Waals surface area contributed by atoms with E-state index in [2.05, 4.69) is 20.5 Å². The van der Waals surface area contributed by atoms with Gasteiger partial charge in [0, 0.05) is 38.1 Å². The molecule has 0 bridgehead atoms. The molecule has 3 aromatic rings. The number of carbonyl (C=O) groups is 1. The monoisotopic (exact) mass is 385 g/mol. The number of aryl methyl sites for hydroxylation is 2. The predicted octanol–water partition coefficient (Wildman–Crippen LogP) is 3.89. The molecule has 0 unspecified atom stereocenters. The van der Waals surface area contributed by atoms with Crippen molar-refractivity contribution in [2.45, 2.75) is 19.8 Å². The highest BCUT2D eigenvalue weighted by atomic mass is 35.5. The fourth-order valence-electron chi connectivity index (χ4n) is 3.34. The van der Waals surface area contributed by atoms with Gasteiger partial charge in [0.15, 0.2) is 11.5 Å². The maximum atomic E-state index is 12.5. The summed E-state index contributed by atoms with van der Waals surface area (Å²) in [4.78, 5) is 14.8. The Hall–Kier alpha value is -2.80. The number of carbonyl (C=O) groups excluding carboxylic acids is 1. The number of anilines is 2. The Labute approximate surface area is 161 Å². The summed E-state index contributed by atoms with van der Waals surface area (Å²) in [7, 11) is 1.83. The zero-order valence-corrected chi connectivity index (χ0v) is 16.0. The fourth-order valence-corrected chi connectivity index (χ4v) is 3.65. The molecule has 27 heavy (non-hydrogen) atoms. The van der Waals surface area contributed by atoms with Gasteiger partial charge in [0.05, 0.1) is 22.0 Å². The fraction of sp³-hybridized carbons (Fsp3) is 0.316. The van der Waals surface area contributed by atoms with Crippen molar-refractivity contribution in [3.8, 4) is 11.3 Å². The largest absolute Gasteiger partial charge is 0.370 e. The van der Waals surface area contributed by atoms with Gasteiger partial charge in [-0.15, -0.1) is 0 Å². The van der Waals surface area contributed by atoms with Crippen LogP contribution in [0.15, 0.2) is 35.0 Å². The lowest BCUT2D eigenvalue weighted by atomic mass is 10.2. The number of halogens is 1. The van der Waals surface area contributed by atoms with Crippen molar-refractivity contribution in [1.82, 2.24) is 14.9 Å². The van der Waals surface area contributed by atoms with Crippen LogP contribution < -0.4 is 10.2 Å². The molecule has 8 heteroatoms. The van der Waals surface area contributed by atoms with Crippen LogP contribution in [0.2, 0.25) is 5.02 Å². The van der Waals surface area contributed by atoms with E-state index in [9.17, 15) is 4.79 Å². The normalized spacial score (nSPS) is 14.0. The van der Waals surface area contributed by atoms with E-state index in [1.807, 2.05) is 32.3 Å². The average Bonchev–Trinajstić information content (AvgIpc) is 3.36. The molecule has 3 heterocycles. The molecule has 0 saturated carbocycles. The van der Waals surface area contributed by atoms with E-state index in [1.54, 1.807) is 16.8 Å². The predicted molar refractivity (Wildman–Crippen MR) is 104 cm³/mol. The molecule has 1 aromatic carbocycles. The zero-order chi connectivity index (χ0) is 19.0. The van der Waals surface area contributed by atoms with Crippen LogP contribution in [0.1, 0.15) is 29.0 Å². The van der Waals surface area contributed by atoms with Gasteiger partial charge >= 0.3 is 0 Å². The summed E-state index contributed by atoms with van der Waals surface area (Å²) in [6.45, 7) is 3.91. The first-order chi connectivity index (χ1) is 13.0. The number of benzene rings is 1. The van der Waals surface area contributed by atoms with Crippen molar-refractivity contribution in [3.05, 3.63) is 46.9 Å². The minimum Gasteiger partial charge on any atom is -0.370 e. The summed E-state index contributed by atoms with van der Waals surface area (Å²) in [5.74, 6) is 0.157. The number of nitrogens with one attached hydrogen (secondary N) is 1. The van der Waals surface area contributed by atoms with E-state index in [1.165, 1.54) is 12.8 Å². The average molecular weight is 386 g/mol. The molecule has 2 aromatic heterocycles. The Morgan fingerprint density at radius 1 is 1.26 bits per heavy atom. The molecule has 7 nitrogen and oxygen atoms in total. The van der Waals surface area contributed by atoms with E-state index in [-0.39, 0.29) is 11.6 Å². The number of aromatic nitrogens is 3. The zero-order valence-electron chi connectivity index (χ0n) is 15.2. The molecule has 1 amide bonds. The quantitative estimate of drug-likeness (QED) is 0.737. The molecule has 0 atom stereocenters. The molecule has 1 N–H and O–H groups in total. The van der Waals surface area contributed by atoms with E-state index in [0.717, 1.165) is 30.0 Å². The highest BCUT2D eigenvalue weighted by Gasteiger charge is 2.18. The SMILES string of the molecule is Cc1nn(C)cc1-c1cc(C(=O)Nc2ccc(N3CCCC3)c(Cl)c2)no1. The van der Waals surface area contributed by atoms with Crippen LogP contribution in [-0.2, 0) is 7.05 Å². The lowest BCUT2D eigenvalue weighted by Gasteiger charge is -2.19. The third-order valence-corrected chi connectivity index (χ3v) is 4.98. The van der Waals surface area contributed by atoms with Crippen molar-refractivity contribution >= 4 is 28.9 Å². The van der Waals surface area contributed by atoms with Gasteiger partial charge in [-0.2, -0.15) is 5.10 Å². The van der Waals surface area contributed by atoms with Crippen LogP contribution in [0.3, 0.4) is 0 Å². The summed E-state index contributed by atoms with van der Waals surface area (Å²) in [5.41, 5.74) is 3.44. The molecule has 1 fully saturated rings. The lowest BCUT2D eigenvalue weighted by Crippen LogP contribution is -2.18. The first-order valence-corrected chi connectivity index (χ1v) is 9.22. The Balaban J connectivity index is 1.49. The molecule has 4 rings (SSSR count). The third kappa shape index (κ3) is 3.55. The van der Waals surface area contributed by atoms with Crippen LogP contribution in [0.25, 0.3) is 11.3 Å². The second-order valence-electron chi connectivity index (χ2n) is 6.69. The number of hydrogen-bond donors (Lipinski definition) is 1. The Morgan fingerprint density at radius 2 is 2.04 bits per heavy atom. The van der Waals surface area contributed by atoms with Gasteiger partial charge in [-0.3, -0.25) is 9.48 Å². The Morgan fingerprint density at radius 3 is 2.70 bits per heavy atom. The number of nitrogens with zero attached hydrogens (tertiary/aromatic N) is 4. The Bertz CT molecular complexity index is 988. The van der Waals surface area contributed by atoms with E-state index in [0.29, 0.717) is 16.5 Å². The van der Waals surface area contributed by atoms with Crippen molar-refractivity contribution in [2.24, 2.45) is 7.05 Å². The van der Waals surface area contributed by atoms with Gasteiger partial charge < -0.3 is 14.7 Å². The smallest absolute Gasteiger partial charge is 0.277 e. The molecule has 1 saturated heterocycles.